The molecule has 2 rings (SSSR count). The van der Waals surface area contributed by atoms with Crippen LogP contribution in [0.3, 0.4) is 0 Å². The summed E-state index contributed by atoms with van der Waals surface area (Å²) >= 11 is 0. The quantitative estimate of drug-likeness (QED) is 0.732. The van der Waals surface area contributed by atoms with Gasteiger partial charge >= 0.3 is 0 Å². The van der Waals surface area contributed by atoms with Crippen LogP contribution in [0.2, 0.25) is 0 Å². The molecule has 0 fully saturated rings. The smallest absolute Gasteiger partial charge is 0.116 e. The zero-order chi connectivity index (χ0) is 12.4. The summed E-state index contributed by atoms with van der Waals surface area (Å²) in [6.07, 6.45) is 7.01. The average molecular weight is 225 g/mol. The van der Waals surface area contributed by atoms with Gasteiger partial charge in [-0.15, -0.1) is 0 Å². The fourth-order valence-corrected chi connectivity index (χ4v) is 2.02. The minimum atomic E-state index is 0.904. The average Bonchev–Trinajstić information content (AvgIpc) is 2.36. The molecule has 1 aromatic heterocycles. The van der Waals surface area contributed by atoms with Crippen LogP contribution >= 0.6 is 0 Å². The van der Waals surface area contributed by atoms with Crippen LogP contribution < -0.4 is 0 Å². The maximum Gasteiger partial charge on any atom is 0.116 e. The van der Waals surface area contributed by atoms with Gasteiger partial charge in [-0.1, -0.05) is 12.7 Å². The summed E-state index contributed by atoms with van der Waals surface area (Å²) in [7, 11) is 0. The molecule has 0 N–H and O–H groups in total. The van der Waals surface area contributed by atoms with E-state index < -0.39 is 0 Å². The number of aryl methyl sites for hydroxylation is 1. The molecule has 0 unspecified atom stereocenters. The molecule has 1 aromatic carbocycles. The van der Waals surface area contributed by atoms with Crippen molar-refractivity contribution in [3.63, 3.8) is 0 Å². The van der Waals surface area contributed by atoms with Gasteiger partial charge in [-0.3, -0.25) is 4.99 Å². The second kappa shape index (κ2) is 4.45. The van der Waals surface area contributed by atoms with E-state index in [1.165, 1.54) is 5.56 Å². The standard InChI is InChI=1S/C14H15N3/c1-5-11-9(3)10(4)13-12(7-15-8-17-13)14(11)16-6-2/h5-8H,1H2,2-4H3. The molecular weight excluding hydrogens is 210 g/mol. The summed E-state index contributed by atoms with van der Waals surface area (Å²) in [6, 6.07) is 0. The number of hydrogen-bond donors (Lipinski definition) is 0. The Morgan fingerprint density at radius 3 is 2.71 bits per heavy atom. The third-order valence-corrected chi connectivity index (χ3v) is 3.01. The molecule has 0 radical (unpaired) electrons. The molecule has 3 heteroatoms. The van der Waals surface area contributed by atoms with E-state index in [1.807, 2.05) is 19.2 Å². The van der Waals surface area contributed by atoms with Crippen LogP contribution in [0.5, 0.6) is 0 Å². The van der Waals surface area contributed by atoms with Crippen molar-refractivity contribution in [2.24, 2.45) is 4.99 Å². The number of aromatic nitrogens is 2. The van der Waals surface area contributed by atoms with Crippen molar-refractivity contribution >= 4 is 28.9 Å². The van der Waals surface area contributed by atoms with Crippen LogP contribution in [0.25, 0.3) is 17.0 Å². The number of aliphatic imine (C=N–C) groups is 1. The fourth-order valence-electron chi connectivity index (χ4n) is 2.02. The topological polar surface area (TPSA) is 38.1 Å². The molecule has 0 aliphatic carbocycles. The van der Waals surface area contributed by atoms with Crippen LogP contribution in [-0.4, -0.2) is 16.2 Å². The van der Waals surface area contributed by atoms with E-state index in [2.05, 4.69) is 35.4 Å². The highest BCUT2D eigenvalue weighted by molar-refractivity contribution is 5.98. The molecule has 0 saturated heterocycles. The first-order valence-corrected chi connectivity index (χ1v) is 5.54. The Morgan fingerprint density at radius 2 is 2.06 bits per heavy atom. The van der Waals surface area contributed by atoms with Crippen LogP contribution in [0.1, 0.15) is 23.6 Å². The van der Waals surface area contributed by atoms with Crippen LogP contribution in [0.15, 0.2) is 24.1 Å². The molecule has 1 heterocycles. The maximum absolute atomic E-state index is 4.43. The summed E-state index contributed by atoms with van der Waals surface area (Å²) in [6.45, 7) is 9.91. The van der Waals surface area contributed by atoms with Crippen LogP contribution in [-0.2, 0) is 0 Å². The molecule has 0 aliphatic rings. The molecule has 0 bridgehead atoms. The number of benzene rings is 1. The normalized spacial score (nSPS) is 11.2. The van der Waals surface area contributed by atoms with Gasteiger partial charge < -0.3 is 0 Å². The predicted octanol–water partition coefficient (Wildman–Crippen LogP) is 3.61. The Balaban J connectivity index is 3.01. The van der Waals surface area contributed by atoms with Crippen molar-refractivity contribution in [2.45, 2.75) is 20.8 Å². The van der Waals surface area contributed by atoms with Crippen LogP contribution in [0.4, 0.5) is 5.69 Å². The van der Waals surface area contributed by atoms with Gasteiger partial charge in [0.25, 0.3) is 0 Å². The first-order chi connectivity index (χ1) is 8.20. The van der Waals surface area contributed by atoms with Gasteiger partial charge in [0.05, 0.1) is 11.2 Å². The summed E-state index contributed by atoms with van der Waals surface area (Å²) < 4.78 is 0. The molecule has 0 saturated carbocycles. The van der Waals surface area contributed by atoms with E-state index >= 15 is 0 Å². The van der Waals surface area contributed by atoms with Gasteiger partial charge in [0.1, 0.15) is 6.33 Å². The van der Waals surface area contributed by atoms with Crippen LogP contribution in [0, 0.1) is 13.8 Å². The van der Waals surface area contributed by atoms with Gasteiger partial charge in [0, 0.05) is 23.4 Å². The lowest BCUT2D eigenvalue weighted by Crippen LogP contribution is -1.93. The SMILES string of the molecule is C=Cc1c(C)c(C)c2ncncc2c1N=CC. The largest absolute Gasteiger partial charge is 0.260 e. The van der Waals surface area contributed by atoms with Gasteiger partial charge in [-0.2, -0.15) is 0 Å². The van der Waals surface area contributed by atoms with Gasteiger partial charge in [-0.05, 0) is 31.9 Å². The molecule has 2 aromatic rings. The molecule has 0 atom stereocenters. The fraction of sp³-hybridized carbons (Fsp3) is 0.214. The van der Waals surface area contributed by atoms with E-state index in [0.29, 0.717) is 0 Å². The lowest BCUT2D eigenvalue weighted by molar-refractivity contribution is 1.20. The summed E-state index contributed by atoms with van der Waals surface area (Å²) in [5.41, 5.74) is 5.26. The number of hydrogen-bond acceptors (Lipinski definition) is 3. The van der Waals surface area contributed by atoms with Crippen molar-refractivity contribution in [1.82, 2.24) is 9.97 Å². The highest BCUT2D eigenvalue weighted by Crippen LogP contribution is 2.34. The molecule has 3 nitrogen and oxygen atoms in total. The number of fused-ring (bicyclic) bond motifs is 1. The molecule has 86 valence electrons. The summed E-state index contributed by atoms with van der Waals surface area (Å²) in [5, 5.41) is 0.976. The minimum absolute atomic E-state index is 0.904. The monoisotopic (exact) mass is 225 g/mol. The minimum Gasteiger partial charge on any atom is -0.260 e. The van der Waals surface area contributed by atoms with E-state index in [1.54, 1.807) is 12.5 Å². The first-order valence-electron chi connectivity index (χ1n) is 5.54. The highest BCUT2D eigenvalue weighted by Gasteiger charge is 2.12. The Labute approximate surface area is 101 Å². The Bertz CT molecular complexity index is 612. The van der Waals surface area contributed by atoms with Crippen molar-refractivity contribution < 1.29 is 0 Å². The van der Waals surface area contributed by atoms with E-state index in [0.717, 1.165) is 27.7 Å². The zero-order valence-electron chi connectivity index (χ0n) is 10.4. The highest BCUT2D eigenvalue weighted by atomic mass is 14.8. The van der Waals surface area contributed by atoms with E-state index in [-0.39, 0.29) is 0 Å². The Hall–Kier alpha value is -2.03. The van der Waals surface area contributed by atoms with Gasteiger partial charge in [0.15, 0.2) is 0 Å². The zero-order valence-corrected chi connectivity index (χ0v) is 10.4. The molecular formula is C14H15N3. The lowest BCUT2D eigenvalue weighted by Gasteiger charge is -2.12. The summed E-state index contributed by atoms with van der Waals surface area (Å²) in [5.74, 6) is 0. The second-order valence-corrected chi connectivity index (χ2v) is 3.89. The van der Waals surface area contributed by atoms with Crippen molar-refractivity contribution in [3.05, 3.63) is 35.8 Å². The molecule has 0 aliphatic heterocycles. The maximum atomic E-state index is 4.43. The number of nitrogens with zero attached hydrogens (tertiary/aromatic N) is 3. The summed E-state index contributed by atoms with van der Waals surface area (Å²) in [4.78, 5) is 12.9. The Kier molecular flexibility index (Phi) is 3.00. The van der Waals surface area contributed by atoms with E-state index in [9.17, 15) is 0 Å². The third-order valence-electron chi connectivity index (χ3n) is 3.01. The second-order valence-electron chi connectivity index (χ2n) is 3.89. The lowest BCUT2D eigenvalue weighted by atomic mass is 9.97. The first kappa shape index (κ1) is 11.5. The molecule has 0 spiro atoms. The van der Waals surface area contributed by atoms with Gasteiger partial charge in [-0.25, -0.2) is 9.97 Å². The van der Waals surface area contributed by atoms with Gasteiger partial charge in [0.2, 0.25) is 0 Å². The third kappa shape index (κ3) is 1.73. The number of rotatable bonds is 2. The predicted molar refractivity (Wildman–Crippen MR) is 72.9 cm³/mol. The van der Waals surface area contributed by atoms with Crippen molar-refractivity contribution in [2.75, 3.05) is 0 Å². The molecule has 17 heavy (non-hydrogen) atoms. The Morgan fingerprint density at radius 1 is 1.29 bits per heavy atom. The van der Waals surface area contributed by atoms with Crippen molar-refractivity contribution in [1.29, 1.82) is 0 Å². The molecule has 0 amide bonds. The van der Waals surface area contributed by atoms with Crippen molar-refractivity contribution in [3.8, 4) is 0 Å². The van der Waals surface area contributed by atoms with E-state index in [4.69, 9.17) is 0 Å².